The van der Waals surface area contributed by atoms with Crippen molar-refractivity contribution in [2.75, 3.05) is 14.2 Å². The summed E-state index contributed by atoms with van der Waals surface area (Å²) in [5.41, 5.74) is 5.78. The van der Waals surface area contributed by atoms with Gasteiger partial charge in [0.2, 0.25) is 11.8 Å². The topological polar surface area (TPSA) is 184 Å². The third kappa shape index (κ3) is 9.34. The van der Waals surface area contributed by atoms with Crippen LogP contribution in [0.25, 0.3) is 33.6 Å². The molecule has 4 N–H and O–H groups in total. The van der Waals surface area contributed by atoms with Gasteiger partial charge in [-0.1, -0.05) is 62.4 Å². The van der Waals surface area contributed by atoms with Gasteiger partial charge in [-0.15, -0.1) is 0 Å². The van der Waals surface area contributed by atoms with Crippen molar-refractivity contribution in [1.82, 2.24) is 40.4 Å². The van der Waals surface area contributed by atoms with Crippen LogP contribution in [-0.4, -0.2) is 104 Å². The number of likely N-dealkylation sites (tertiary alicyclic amines) is 2. The summed E-state index contributed by atoms with van der Waals surface area (Å²) >= 11 is 0. The van der Waals surface area contributed by atoms with Gasteiger partial charge in [0, 0.05) is 12.1 Å². The van der Waals surface area contributed by atoms with Crippen LogP contribution in [-0.2, 0) is 23.8 Å². The largest absolute Gasteiger partial charge is 0.453 e. The molecule has 0 bridgehead atoms. The molecule has 2 aromatic heterocycles. The molecule has 3 saturated heterocycles. The summed E-state index contributed by atoms with van der Waals surface area (Å²) in [6.45, 7) is 9.98. The summed E-state index contributed by atoms with van der Waals surface area (Å²) in [6.07, 6.45) is 9.45. The molecule has 336 valence electrons. The second-order valence-corrected chi connectivity index (χ2v) is 18.4. The molecule has 15 heteroatoms. The number of ether oxygens (including phenoxy) is 3. The predicted octanol–water partition coefficient (Wildman–Crippen LogP) is 7.94. The Kier molecular flexibility index (Phi) is 12.9. The number of rotatable bonds is 12. The van der Waals surface area contributed by atoms with Gasteiger partial charge in [0.25, 0.3) is 0 Å². The molecule has 4 fully saturated rings. The zero-order valence-corrected chi connectivity index (χ0v) is 37.4. The van der Waals surface area contributed by atoms with Crippen LogP contribution in [0.3, 0.4) is 0 Å². The van der Waals surface area contributed by atoms with Gasteiger partial charge in [0.15, 0.2) is 0 Å². The molecule has 4 aliphatic rings. The molecule has 0 unspecified atom stereocenters. The van der Waals surface area contributed by atoms with Crippen LogP contribution < -0.4 is 10.6 Å². The minimum Gasteiger partial charge on any atom is -0.453 e. The van der Waals surface area contributed by atoms with Crippen LogP contribution in [0.15, 0.2) is 60.9 Å². The van der Waals surface area contributed by atoms with Gasteiger partial charge in [0.1, 0.15) is 23.7 Å². The lowest BCUT2D eigenvalue weighted by molar-refractivity contribution is -0.141. The normalized spacial score (nSPS) is 25.7. The zero-order chi connectivity index (χ0) is 44.5. The number of aromatic amines is 2. The quantitative estimate of drug-likeness (QED) is 0.110. The van der Waals surface area contributed by atoms with Gasteiger partial charge in [0.05, 0.1) is 62.3 Å². The molecule has 15 nitrogen and oxygen atoms in total. The van der Waals surface area contributed by atoms with Crippen LogP contribution in [0, 0.1) is 17.8 Å². The summed E-state index contributed by atoms with van der Waals surface area (Å²) in [7, 11) is 2.63. The minimum absolute atomic E-state index is 0.00246. The van der Waals surface area contributed by atoms with E-state index in [1.54, 1.807) is 0 Å². The van der Waals surface area contributed by atoms with Crippen molar-refractivity contribution in [1.29, 1.82) is 0 Å². The number of hydrogen-bond donors (Lipinski definition) is 4. The average Bonchev–Trinajstić information content (AvgIpc) is 3.58. The van der Waals surface area contributed by atoms with E-state index in [2.05, 4.69) is 83.0 Å². The predicted molar refractivity (Wildman–Crippen MR) is 237 cm³/mol. The van der Waals surface area contributed by atoms with E-state index in [4.69, 9.17) is 24.2 Å². The number of benzene rings is 2. The Bertz CT molecular complexity index is 2250. The molecule has 63 heavy (non-hydrogen) atoms. The number of hydrogen-bond acceptors (Lipinski definition) is 9. The molecule has 4 aromatic rings. The lowest BCUT2D eigenvalue weighted by atomic mass is 9.83. The summed E-state index contributed by atoms with van der Waals surface area (Å²) in [5, 5.41) is 5.65. The van der Waals surface area contributed by atoms with Gasteiger partial charge >= 0.3 is 12.2 Å². The van der Waals surface area contributed by atoms with Gasteiger partial charge in [-0.25, -0.2) is 19.6 Å². The van der Waals surface area contributed by atoms with E-state index in [0.717, 1.165) is 90.2 Å². The molecule has 1 aliphatic carbocycles. The summed E-state index contributed by atoms with van der Waals surface area (Å²) in [6, 6.07) is 14.7. The van der Waals surface area contributed by atoms with Crippen LogP contribution in [0.2, 0.25) is 0 Å². The smallest absolute Gasteiger partial charge is 0.407 e. The van der Waals surface area contributed by atoms with E-state index >= 15 is 0 Å². The van der Waals surface area contributed by atoms with Crippen molar-refractivity contribution in [2.24, 2.45) is 17.8 Å². The van der Waals surface area contributed by atoms with E-state index in [-0.39, 0.29) is 60.0 Å². The molecule has 0 spiro atoms. The molecule has 4 amide bonds. The first-order valence-corrected chi connectivity index (χ1v) is 22.6. The lowest BCUT2D eigenvalue weighted by Crippen LogP contribution is -2.55. The average molecular weight is 863 g/mol. The molecule has 0 radical (unpaired) electrons. The number of H-pyrrole nitrogens is 2. The summed E-state index contributed by atoms with van der Waals surface area (Å²) < 4.78 is 16.1. The lowest BCUT2D eigenvalue weighted by Gasteiger charge is -2.40. The summed E-state index contributed by atoms with van der Waals surface area (Å²) in [5.74, 6) is 1.56. The SMILES string of the molecule is COC(=O)N[C@H](C(=O)N1[C@@H](C)CC[C@H]1c1ncc(-c2ccc(-c3ccc(-c4cnc([C@@H]5CC[C@H](C)N5C(=O)[C@@H](NC(=O)OC)[C@H]5C[C@@H](C)O[C@H](C6CC6)C5)[nH]4)cc3)cc2)[nH]1)C(C)C. The van der Waals surface area contributed by atoms with E-state index in [9.17, 15) is 19.2 Å². The van der Waals surface area contributed by atoms with Crippen LogP contribution in [0.5, 0.6) is 0 Å². The maximum absolute atomic E-state index is 14.6. The maximum Gasteiger partial charge on any atom is 0.407 e. The Morgan fingerprint density at radius 1 is 0.667 bits per heavy atom. The molecular weight excluding hydrogens is 801 g/mol. The van der Waals surface area contributed by atoms with E-state index in [1.165, 1.54) is 14.2 Å². The molecular formula is C48H62N8O7. The number of methoxy groups -OCH3 is 2. The Morgan fingerprint density at radius 3 is 1.62 bits per heavy atom. The maximum atomic E-state index is 14.6. The van der Waals surface area contributed by atoms with Crippen LogP contribution in [0.1, 0.15) is 110 Å². The molecule has 2 aromatic carbocycles. The first-order chi connectivity index (χ1) is 30.3. The van der Waals surface area contributed by atoms with Crippen LogP contribution in [0.4, 0.5) is 9.59 Å². The Morgan fingerprint density at radius 2 is 1.14 bits per heavy atom. The van der Waals surface area contributed by atoms with Crippen molar-refractivity contribution < 1.29 is 33.4 Å². The number of nitrogens with one attached hydrogen (secondary N) is 4. The third-order valence-electron chi connectivity index (χ3n) is 13.7. The standard InChI is InChI=1S/C48H62N8O7/c1-26(2)41(53-47(59)61-6)45(57)55-27(3)8-20-38(55)43-49-24-36(51-43)32-14-10-30(11-15-32)31-12-16-33(17-13-31)37-25-50-44(52-37)39-21-9-28(4)56(39)46(58)42(54-48(60)62-7)35-22-29(5)63-40(23-35)34-18-19-34/h10-17,24-29,34-35,38-42H,8-9,18-23H2,1-7H3,(H,49,51)(H,50,52)(H,53,59)(H,54,60)/t27-,28-,29+,35-,38-,39-,40-,41-,42-/m0/s1. The number of aromatic nitrogens is 4. The fraction of sp³-hybridized carbons (Fsp3) is 0.542. The summed E-state index contributed by atoms with van der Waals surface area (Å²) in [4.78, 5) is 73.4. The second kappa shape index (κ2) is 18.6. The highest BCUT2D eigenvalue weighted by Crippen LogP contribution is 2.44. The van der Waals surface area contributed by atoms with Crippen LogP contribution >= 0.6 is 0 Å². The number of alkyl carbamates (subject to hydrolysis) is 2. The third-order valence-corrected chi connectivity index (χ3v) is 13.7. The molecule has 3 aliphatic heterocycles. The fourth-order valence-corrected chi connectivity index (χ4v) is 10.1. The zero-order valence-electron chi connectivity index (χ0n) is 37.4. The van der Waals surface area contributed by atoms with Crippen molar-refractivity contribution in [3.63, 3.8) is 0 Å². The highest BCUT2D eigenvalue weighted by molar-refractivity contribution is 5.87. The molecule has 8 rings (SSSR count). The van der Waals surface area contributed by atoms with Crippen molar-refractivity contribution in [3.05, 3.63) is 72.6 Å². The second-order valence-electron chi connectivity index (χ2n) is 18.4. The highest BCUT2D eigenvalue weighted by atomic mass is 16.5. The number of imidazole rings is 2. The Labute approximate surface area is 369 Å². The van der Waals surface area contributed by atoms with Gasteiger partial charge in [-0.05, 0) is 112 Å². The van der Waals surface area contributed by atoms with Gasteiger partial charge in [-0.3, -0.25) is 9.59 Å². The Balaban J connectivity index is 0.934. The monoisotopic (exact) mass is 862 g/mol. The fourth-order valence-electron chi connectivity index (χ4n) is 10.1. The molecule has 5 heterocycles. The highest BCUT2D eigenvalue weighted by Gasteiger charge is 2.47. The van der Waals surface area contributed by atoms with Crippen molar-refractivity contribution >= 4 is 24.0 Å². The first-order valence-electron chi connectivity index (χ1n) is 22.6. The molecule has 9 atom stereocenters. The first kappa shape index (κ1) is 43.9. The minimum atomic E-state index is -0.716. The van der Waals surface area contributed by atoms with E-state index in [1.807, 2.05) is 43.0 Å². The number of carbonyl (C=O) groups is 4. The van der Waals surface area contributed by atoms with Crippen molar-refractivity contribution in [3.8, 4) is 33.6 Å². The molecule has 1 saturated carbocycles. The van der Waals surface area contributed by atoms with E-state index in [0.29, 0.717) is 12.3 Å². The number of nitrogens with zero attached hydrogens (tertiary/aromatic N) is 4. The van der Waals surface area contributed by atoms with E-state index < -0.39 is 24.3 Å². The van der Waals surface area contributed by atoms with Crippen molar-refractivity contribution in [2.45, 2.75) is 134 Å². The van der Waals surface area contributed by atoms with Gasteiger partial charge < -0.3 is 44.6 Å². The number of amides is 4. The van der Waals surface area contributed by atoms with Gasteiger partial charge in [-0.2, -0.15) is 0 Å². The number of carbonyl (C=O) groups excluding carboxylic acids is 4. The Hall–Kier alpha value is -5.70.